The van der Waals surface area contributed by atoms with Crippen LogP contribution in [0, 0.1) is 0 Å². The van der Waals surface area contributed by atoms with Gasteiger partial charge in [-0.2, -0.15) is 18.3 Å². The predicted octanol–water partition coefficient (Wildman–Crippen LogP) is 2.51. The first-order valence-corrected chi connectivity index (χ1v) is 12.8. The second-order valence-electron chi connectivity index (χ2n) is 9.90. The summed E-state index contributed by atoms with van der Waals surface area (Å²) >= 11 is 0. The molecule has 4 aromatic heterocycles. The zero-order valence-corrected chi connectivity index (χ0v) is 21.2. The van der Waals surface area contributed by atoms with Gasteiger partial charge in [-0.05, 0) is 32.0 Å². The molecule has 6 heterocycles. The van der Waals surface area contributed by atoms with Crippen molar-refractivity contribution in [1.82, 2.24) is 49.8 Å². The second-order valence-corrected chi connectivity index (χ2v) is 9.90. The van der Waals surface area contributed by atoms with Crippen LogP contribution in [0.3, 0.4) is 0 Å². The highest BCUT2D eigenvalue weighted by Gasteiger charge is 2.38. The van der Waals surface area contributed by atoms with Crippen molar-refractivity contribution in [2.24, 2.45) is 0 Å². The lowest BCUT2D eigenvalue weighted by Crippen LogP contribution is -2.56. The quantitative estimate of drug-likeness (QED) is 0.383. The zero-order chi connectivity index (χ0) is 27.1. The van der Waals surface area contributed by atoms with E-state index in [0.717, 1.165) is 48.2 Å². The van der Waals surface area contributed by atoms with Crippen LogP contribution >= 0.6 is 0 Å². The molecule has 39 heavy (non-hydrogen) atoms. The van der Waals surface area contributed by atoms with Gasteiger partial charge < -0.3 is 15.2 Å². The number of rotatable bonds is 6. The molecule has 2 N–H and O–H groups in total. The van der Waals surface area contributed by atoms with Gasteiger partial charge in [-0.1, -0.05) is 0 Å². The third-order valence-corrected chi connectivity index (χ3v) is 7.37. The number of hydrogen-bond acceptors (Lipinski definition) is 8. The molecule has 2 aliphatic rings. The standard InChI is InChI=1S/C25H27F3N10O/c1-29-10-16-8-20(35-24(34-16)25(26,27)28)23(39)36-6-3-17(4-7-36)37-12-18(13-37)38-11-15(9-33-38)21-19-2-5-30-22(19)32-14-31-21/h2,5,8-9,11,14,17-18,29H,3-4,6-7,10,12-13H2,1H3,(H,30,31,32). The van der Waals surface area contributed by atoms with Crippen LogP contribution in [0.1, 0.15) is 40.9 Å². The Morgan fingerprint density at radius 2 is 1.95 bits per heavy atom. The molecule has 0 aromatic carbocycles. The summed E-state index contributed by atoms with van der Waals surface area (Å²) in [6, 6.07) is 3.83. The number of nitrogens with one attached hydrogen (secondary N) is 2. The molecular formula is C25H27F3N10O. The number of hydrogen-bond donors (Lipinski definition) is 2. The summed E-state index contributed by atoms with van der Waals surface area (Å²) in [5.74, 6) is -1.79. The SMILES string of the molecule is CNCc1cc(C(=O)N2CCC(N3CC(n4cc(-c5ncnc6[nH]ccc56)cn4)C3)CC2)nc(C(F)(F)F)n1. The lowest BCUT2D eigenvalue weighted by atomic mass is 9.97. The maximum Gasteiger partial charge on any atom is 0.451 e. The van der Waals surface area contributed by atoms with Gasteiger partial charge in [-0.25, -0.2) is 19.9 Å². The lowest BCUT2D eigenvalue weighted by molar-refractivity contribution is -0.145. The van der Waals surface area contributed by atoms with Crippen molar-refractivity contribution in [1.29, 1.82) is 0 Å². The highest BCUT2D eigenvalue weighted by molar-refractivity contribution is 5.92. The molecule has 14 heteroatoms. The topological polar surface area (TPSA) is 121 Å². The molecule has 0 bridgehead atoms. The number of carbonyl (C=O) groups excluding carboxylic acids is 1. The van der Waals surface area contributed by atoms with Gasteiger partial charge in [-0.3, -0.25) is 14.4 Å². The van der Waals surface area contributed by atoms with E-state index >= 15 is 0 Å². The number of amides is 1. The number of alkyl halides is 3. The number of carbonyl (C=O) groups is 1. The Morgan fingerprint density at radius 3 is 2.69 bits per heavy atom. The average molecular weight is 541 g/mol. The van der Waals surface area contributed by atoms with Crippen molar-refractivity contribution >= 4 is 16.9 Å². The Hall–Kier alpha value is -3.91. The minimum Gasteiger partial charge on any atom is -0.346 e. The van der Waals surface area contributed by atoms with E-state index in [0.29, 0.717) is 19.1 Å². The zero-order valence-electron chi connectivity index (χ0n) is 21.2. The van der Waals surface area contributed by atoms with Crippen molar-refractivity contribution in [2.75, 3.05) is 33.2 Å². The molecule has 0 spiro atoms. The molecule has 0 saturated carbocycles. The summed E-state index contributed by atoms with van der Waals surface area (Å²) in [5, 5.41) is 8.29. The summed E-state index contributed by atoms with van der Waals surface area (Å²) < 4.78 is 41.8. The first-order valence-electron chi connectivity index (χ1n) is 12.8. The average Bonchev–Trinajstić information content (AvgIpc) is 3.57. The fraction of sp³-hybridized carbons (Fsp3) is 0.440. The van der Waals surface area contributed by atoms with Gasteiger partial charge in [0.05, 0.1) is 23.6 Å². The number of halogens is 3. The number of likely N-dealkylation sites (tertiary alicyclic amines) is 2. The maximum absolute atomic E-state index is 13.3. The molecule has 4 aromatic rings. The van der Waals surface area contributed by atoms with E-state index in [1.54, 1.807) is 11.9 Å². The largest absolute Gasteiger partial charge is 0.451 e. The first-order chi connectivity index (χ1) is 18.8. The van der Waals surface area contributed by atoms with Gasteiger partial charge in [0.1, 0.15) is 17.7 Å². The summed E-state index contributed by atoms with van der Waals surface area (Å²) in [7, 11) is 1.60. The fourth-order valence-corrected chi connectivity index (χ4v) is 5.32. The molecule has 2 fully saturated rings. The van der Waals surface area contributed by atoms with Gasteiger partial charge in [0, 0.05) is 62.1 Å². The number of aromatic amines is 1. The van der Waals surface area contributed by atoms with Crippen LogP contribution < -0.4 is 5.32 Å². The van der Waals surface area contributed by atoms with E-state index in [-0.39, 0.29) is 24.0 Å². The maximum atomic E-state index is 13.3. The van der Waals surface area contributed by atoms with E-state index in [1.807, 2.05) is 29.3 Å². The van der Waals surface area contributed by atoms with Crippen LogP contribution in [0.4, 0.5) is 13.2 Å². The van der Waals surface area contributed by atoms with E-state index < -0.39 is 17.9 Å². The highest BCUT2D eigenvalue weighted by Crippen LogP contribution is 2.31. The van der Waals surface area contributed by atoms with Crippen molar-refractivity contribution < 1.29 is 18.0 Å². The van der Waals surface area contributed by atoms with Crippen LogP contribution in [0.2, 0.25) is 0 Å². The van der Waals surface area contributed by atoms with E-state index in [9.17, 15) is 18.0 Å². The number of fused-ring (bicyclic) bond motifs is 1. The number of piperidine rings is 1. The smallest absolute Gasteiger partial charge is 0.346 e. The lowest BCUT2D eigenvalue weighted by Gasteiger charge is -2.47. The molecule has 0 aliphatic carbocycles. The molecule has 204 valence electrons. The van der Waals surface area contributed by atoms with Gasteiger partial charge in [0.25, 0.3) is 5.91 Å². The fourth-order valence-electron chi connectivity index (χ4n) is 5.32. The van der Waals surface area contributed by atoms with Crippen LogP contribution in [-0.4, -0.2) is 89.7 Å². The third kappa shape index (κ3) is 4.96. The normalized spacial score (nSPS) is 17.6. The molecule has 11 nitrogen and oxygen atoms in total. The molecule has 0 unspecified atom stereocenters. The summed E-state index contributed by atoms with van der Waals surface area (Å²) in [5.41, 5.74) is 2.46. The van der Waals surface area contributed by atoms with E-state index in [1.165, 1.54) is 12.4 Å². The van der Waals surface area contributed by atoms with Crippen LogP contribution in [0.15, 0.2) is 37.1 Å². The minimum absolute atomic E-state index is 0.108. The van der Waals surface area contributed by atoms with Crippen LogP contribution in [-0.2, 0) is 12.7 Å². The molecule has 2 saturated heterocycles. The number of aromatic nitrogens is 7. The van der Waals surface area contributed by atoms with Crippen molar-refractivity contribution in [3.8, 4) is 11.3 Å². The second kappa shape index (κ2) is 10.0. The number of H-pyrrole nitrogens is 1. The first kappa shape index (κ1) is 25.4. The Labute approximate surface area is 221 Å². The summed E-state index contributed by atoms with van der Waals surface area (Å²) in [4.78, 5) is 35.8. The predicted molar refractivity (Wildman–Crippen MR) is 134 cm³/mol. The Bertz CT molecular complexity index is 1480. The molecule has 2 aliphatic heterocycles. The summed E-state index contributed by atoms with van der Waals surface area (Å²) in [6.45, 7) is 2.72. The van der Waals surface area contributed by atoms with E-state index in [4.69, 9.17) is 0 Å². The van der Waals surface area contributed by atoms with E-state index in [2.05, 4.69) is 40.2 Å². The molecular weight excluding hydrogens is 513 g/mol. The van der Waals surface area contributed by atoms with Crippen molar-refractivity contribution in [3.63, 3.8) is 0 Å². The Kier molecular flexibility index (Phi) is 6.51. The molecule has 6 rings (SSSR count). The molecule has 1 amide bonds. The third-order valence-electron chi connectivity index (χ3n) is 7.37. The van der Waals surface area contributed by atoms with Gasteiger partial charge in [0.15, 0.2) is 0 Å². The van der Waals surface area contributed by atoms with Crippen LogP contribution in [0.25, 0.3) is 22.3 Å². The number of nitrogens with zero attached hydrogens (tertiary/aromatic N) is 8. The van der Waals surface area contributed by atoms with Crippen LogP contribution in [0.5, 0.6) is 0 Å². The summed E-state index contributed by atoms with van der Waals surface area (Å²) in [6.07, 6.45) is 3.97. The van der Waals surface area contributed by atoms with Gasteiger partial charge in [-0.15, -0.1) is 0 Å². The van der Waals surface area contributed by atoms with Gasteiger partial charge in [0.2, 0.25) is 5.82 Å². The molecule has 0 radical (unpaired) electrons. The van der Waals surface area contributed by atoms with Gasteiger partial charge >= 0.3 is 6.18 Å². The van der Waals surface area contributed by atoms with Crippen molar-refractivity contribution in [2.45, 2.75) is 37.6 Å². The Morgan fingerprint density at radius 1 is 1.15 bits per heavy atom. The highest BCUT2D eigenvalue weighted by atomic mass is 19.4. The Balaban J connectivity index is 1.05. The minimum atomic E-state index is -4.72. The monoisotopic (exact) mass is 540 g/mol. The molecule has 0 atom stereocenters. The van der Waals surface area contributed by atoms with Crippen molar-refractivity contribution in [3.05, 3.63) is 54.3 Å².